The van der Waals surface area contributed by atoms with E-state index in [0.29, 0.717) is 0 Å². The maximum absolute atomic E-state index is 12.1. The normalized spacial score (nSPS) is 12.6. The van der Waals surface area contributed by atoms with E-state index in [2.05, 4.69) is 0 Å². The van der Waals surface area contributed by atoms with E-state index in [0.717, 1.165) is 24.0 Å². The van der Waals surface area contributed by atoms with Gasteiger partial charge in [0.1, 0.15) is 13.2 Å². The first-order chi connectivity index (χ1) is 12.7. The Bertz CT molecular complexity index is 791. The summed E-state index contributed by atoms with van der Waals surface area (Å²) in [4.78, 5) is 22.6. The van der Waals surface area contributed by atoms with Gasteiger partial charge in [0.2, 0.25) is 0 Å². The number of sulfone groups is 1. The van der Waals surface area contributed by atoms with Gasteiger partial charge in [0.25, 0.3) is 0 Å². The van der Waals surface area contributed by atoms with Gasteiger partial charge in [-0.25, -0.2) is 8.42 Å². The average molecular weight is 394 g/mol. The van der Waals surface area contributed by atoms with E-state index in [1.54, 1.807) is 24.3 Å². The van der Waals surface area contributed by atoms with Gasteiger partial charge in [-0.05, 0) is 50.5 Å². The molecule has 1 aromatic rings. The minimum atomic E-state index is -3.68. The number of carbonyl (C=O) groups excluding carboxylic acids is 2. The lowest BCUT2D eigenvalue weighted by molar-refractivity contribution is -0.140. The maximum atomic E-state index is 12.1. The lowest BCUT2D eigenvalue weighted by atomic mass is 10.1. The molecule has 0 fully saturated rings. The molecule has 1 aromatic carbocycles. The van der Waals surface area contributed by atoms with Crippen molar-refractivity contribution in [3.63, 3.8) is 0 Å². The smallest absolute Gasteiger partial charge is 0.321 e. The summed E-state index contributed by atoms with van der Waals surface area (Å²) < 4.78 is 34.1. The minimum Gasteiger partial charge on any atom is -0.461 e. The van der Waals surface area contributed by atoms with Crippen molar-refractivity contribution in [2.75, 3.05) is 19.0 Å². The maximum Gasteiger partial charge on any atom is 0.321 e. The molecule has 0 heterocycles. The Morgan fingerprint density at radius 2 is 1.63 bits per heavy atom. The van der Waals surface area contributed by atoms with E-state index in [-0.39, 0.29) is 24.1 Å². The van der Waals surface area contributed by atoms with Crippen molar-refractivity contribution in [3.05, 3.63) is 53.6 Å². The highest BCUT2D eigenvalue weighted by molar-refractivity contribution is 7.92. The van der Waals surface area contributed by atoms with Crippen LogP contribution in [0.5, 0.6) is 0 Å². The van der Waals surface area contributed by atoms with Crippen molar-refractivity contribution >= 4 is 21.8 Å². The number of esters is 2. The molecule has 1 rings (SSSR count). The lowest BCUT2D eigenvalue weighted by Gasteiger charge is -2.05. The summed E-state index contributed by atoms with van der Waals surface area (Å²) in [5, 5.41) is 0. The quantitative estimate of drug-likeness (QED) is 0.447. The van der Waals surface area contributed by atoms with Crippen molar-refractivity contribution in [2.24, 2.45) is 0 Å². The number of hydrogen-bond acceptors (Lipinski definition) is 6. The molecule has 0 aromatic heterocycles. The van der Waals surface area contributed by atoms with Gasteiger partial charge in [-0.2, -0.15) is 0 Å². The Kier molecular flexibility index (Phi) is 9.50. The summed E-state index contributed by atoms with van der Waals surface area (Å²) in [7, 11) is -3.68. The summed E-state index contributed by atoms with van der Waals surface area (Å²) in [5.74, 6) is -1.77. The van der Waals surface area contributed by atoms with Crippen molar-refractivity contribution in [1.82, 2.24) is 0 Å². The number of benzene rings is 1. The highest BCUT2D eigenvalue weighted by Crippen LogP contribution is 2.11. The van der Waals surface area contributed by atoms with Crippen LogP contribution in [0.3, 0.4) is 0 Å². The van der Waals surface area contributed by atoms with Gasteiger partial charge >= 0.3 is 11.9 Å². The molecule has 0 saturated carbocycles. The molecule has 27 heavy (non-hydrogen) atoms. The average Bonchev–Trinajstić information content (AvgIpc) is 2.60. The van der Waals surface area contributed by atoms with Gasteiger partial charge in [0.05, 0.1) is 4.90 Å². The molecule has 0 radical (unpaired) electrons. The van der Waals surface area contributed by atoms with Crippen LogP contribution in [-0.2, 0) is 28.9 Å². The van der Waals surface area contributed by atoms with Gasteiger partial charge < -0.3 is 9.47 Å². The number of ether oxygens (including phenoxy) is 2. The van der Waals surface area contributed by atoms with Crippen LogP contribution in [0.2, 0.25) is 0 Å². The van der Waals surface area contributed by atoms with Gasteiger partial charge in [-0.1, -0.05) is 29.8 Å². The zero-order valence-corrected chi connectivity index (χ0v) is 16.8. The first kappa shape index (κ1) is 22.6. The van der Waals surface area contributed by atoms with Crippen LogP contribution in [0.25, 0.3) is 0 Å². The predicted octanol–water partition coefficient (Wildman–Crippen LogP) is 3.24. The lowest BCUT2D eigenvalue weighted by Crippen LogP contribution is -2.18. The molecule has 0 aliphatic carbocycles. The molecule has 0 atom stereocenters. The van der Waals surface area contributed by atoms with E-state index >= 15 is 0 Å². The number of carbonyl (C=O) groups is 2. The summed E-state index contributed by atoms with van der Waals surface area (Å²) in [6.07, 6.45) is 5.27. The zero-order chi connectivity index (χ0) is 20.3. The van der Waals surface area contributed by atoms with Crippen LogP contribution in [0.15, 0.2) is 58.5 Å². The molecule has 0 spiro atoms. The fourth-order valence-corrected chi connectivity index (χ4v) is 3.24. The summed E-state index contributed by atoms with van der Waals surface area (Å²) >= 11 is 0. The van der Waals surface area contributed by atoms with E-state index in [1.165, 1.54) is 19.1 Å². The van der Waals surface area contributed by atoms with Crippen LogP contribution in [-0.4, -0.2) is 39.3 Å². The first-order valence-electron chi connectivity index (χ1n) is 8.59. The second kappa shape index (κ2) is 11.3. The fraction of sp³-hybridized carbons (Fsp3) is 0.400. The van der Waals surface area contributed by atoms with E-state index < -0.39 is 21.6 Å². The third kappa shape index (κ3) is 9.75. The summed E-state index contributed by atoms with van der Waals surface area (Å²) in [6, 6.07) is 7.81. The molecule has 0 aliphatic rings. The second-order valence-electron chi connectivity index (χ2n) is 6.18. The summed E-state index contributed by atoms with van der Waals surface area (Å²) in [6.45, 7) is 5.48. The zero-order valence-electron chi connectivity index (χ0n) is 15.9. The largest absolute Gasteiger partial charge is 0.461 e. The van der Waals surface area contributed by atoms with Crippen molar-refractivity contribution < 1.29 is 27.5 Å². The highest BCUT2D eigenvalue weighted by Gasteiger charge is 2.19. The van der Waals surface area contributed by atoms with Gasteiger partial charge in [-0.15, -0.1) is 0 Å². The molecule has 0 bridgehead atoms. The van der Waals surface area contributed by atoms with Gasteiger partial charge in [-0.3, -0.25) is 9.59 Å². The third-order valence-electron chi connectivity index (χ3n) is 3.62. The monoisotopic (exact) mass is 394 g/mol. The molecule has 148 valence electrons. The molecule has 0 N–H and O–H groups in total. The second-order valence-corrected chi connectivity index (χ2v) is 8.16. The molecular weight excluding hydrogens is 368 g/mol. The first-order valence-corrected chi connectivity index (χ1v) is 10.2. The van der Waals surface area contributed by atoms with Crippen LogP contribution >= 0.6 is 0 Å². The Balaban J connectivity index is 2.37. The van der Waals surface area contributed by atoms with Gasteiger partial charge in [0, 0.05) is 6.92 Å². The van der Waals surface area contributed by atoms with Gasteiger partial charge in [0.15, 0.2) is 15.6 Å². The van der Waals surface area contributed by atoms with E-state index in [9.17, 15) is 18.0 Å². The van der Waals surface area contributed by atoms with E-state index in [1.807, 2.05) is 19.9 Å². The van der Waals surface area contributed by atoms with Crippen molar-refractivity contribution in [2.45, 2.75) is 38.5 Å². The number of rotatable bonds is 10. The molecule has 0 unspecified atom stereocenters. The van der Waals surface area contributed by atoms with Crippen LogP contribution in [0.1, 0.15) is 33.6 Å². The predicted molar refractivity (Wildman–Crippen MR) is 103 cm³/mol. The molecule has 0 aliphatic heterocycles. The Morgan fingerprint density at radius 1 is 0.963 bits per heavy atom. The number of allylic oxidation sites excluding steroid dienone is 2. The van der Waals surface area contributed by atoms with Crippen LogP contribution in [0, 0.1) is 0 Å². The topological polar surface area (TPSA) is 86.7 Å². The molecular formula is C20H26O6S. The standard InChI is InChI=1S/C20H26O6S/c1-16(8-7-9-17(2)14-26-18(3)21)12-13-25-20(22)15-27(23,24)19-10-5-4-6-11-19/h4-6,9-12H,7-8,13-15H2,1-3H3/b16-12+,17-9+. The SMILES string of the molecule is CC(=O)OC/C(C)=C/CC/C(C)=C/COC(=O)CS(=O)(=O)c1ccccc1. The van der Waals surface area contributed by atoms with E-state index in [4.69, 9.17) is 9.47 Å². The fourth-order valence-electron chi connectivity index (χ4n) is 2.11. The minimum absolute atomic E-state index is 0.0329. The Hall–Kier alpha value is -2.41. The Labute approximate surface area is 160 Å². The Morgan fingerprint density at radius 3 is 2.26 bits per heavy atom. The van der Waals surface area contributed by atoms with Crippen molar-refractivity contribution in [1.29, 1.82) is 0 Å². The molecule has 0 amide bonds. The number of hydrogen-bond donors (Lipinski definition) is 0. The molecule has 0 saturated heterocycles. The third-order valence-corrected chi connectivity index (χ3v) is 5.23. The molecule has 7 heteroatoms. The van der Waals surface area contributed by atoms with Crippen LogP contribution < -0.4 is 0 Å². The van der Waals surface area contributed by atoms with Crippen LogP contribution in [0.4, 0.5) is 0 Å². The highest BCUT2D eigenvalue weighted by atomic mass is 32.2. The molecule has 6 nitrogen and oxygen atoms in total. The summed E-state index contributed by atoms with van der Waals surface area (Å²) in [5.41, 5.74) is 1.99. The van der Waals surface area contributed by atoms with Crippen molar-refractivity contribution in [3.8, 4) is 0 Å².